The van der Waals surface area contributed by atoms with E-state index >= 15 is 0 Å². The van der Waals surface area contributed by atoms with Crippen LogP contribution in [0, 0.1) is 0 Å². The summed E-state index contributed by atoms with van der Waals surface area (Å²) < 4.78 is 40.1. The average Bonchev–Trinajstić information content (AvgIpc) is 2.73. The third-order valence-corrected chi connectivity index (χ3v) is 5.59. The Morgan fingerprint density at radius 1 is 1.39 bits per heavy atom. The molecule has 6 nitrogen and oxygen atoms in total. The lowest BCUT2D eigenvalue weighted by Gasteiger charge is -2.31. The van der Waals surface area contributed by atoms with Gasteiger partial charge < -0.3 is 20.7 Å². The number of carbonyl (C=O) groups excluding carboxylic acids is 2. The van der Waals surface area contributed by atoms with Crippen molar-refractivity contribution in [2.45, 2.75) is 63.1 Å². The van der Waals surface area contributed by atoms with Gasteiger partial charge in [-0.3, -0.25) is 9.59 Å². The molecule has 2 amide bonds. The first-order valence-corrected chi connectivity index (χ1v) is 10.8. The van der Waals surface area contributed by atoms with E-state index in [9.17, 15) is 32.8 Å². The van der Waals surface area contributed by atoms with E-state index in [-0.39, 0.29) is 18.2 Å². The van der Waals surface area contributed by atoms with Gasteiger partial charge in [-0.05, 0) is 39.2 Å². The summed E-state index contributed by atoms with van der Waals surface area (Å²) in [5.41, 5.74) is -2.77. The molecule has 0 aromatic heterocycles. The molecule has 0 saturated carbocycles. The van der Waals surface area contributed by atoms with Gasteiger partial charge in [0, 0.05) is 0 Å². The molecule has 2 unspecified atom stereocenters. The summed E-state index contributed by atoms with van der Waals surface area (Å²) in [6.45, 7) is 7.40. The number of allylic oxidation sites excluding steroid dienone is 6. The van der Waals surface area contributed by atoms with Crippen LogP contribution in [0.15, 0.2) is 59.8 Å². The quantitative estimate of drug-likeness (QED) is 0.164. The smallest absolute Gasteiger partial charge is 0.426 e. The second-order valence-corrected chi connectivity index (χ2v) is 8.30. The molecule has 1 aliphatic carbocycles. The molecule has 4 N–H and O–H groups in total. The maximum atomic E-state index is 13.4. The first kappa shape index (κ1) is 28.7. The second kappa shape index (κ2) is 12.2. The minimum Gasteiger partial charge on any atom is -0.426 e. The van der Waals surface area contributed by atoms with Crippen LogP contribution >= 0.6 is 11.6 Å². The van der Waals surface area contributed by atoms with Gasteiger partial charge in [-0.15, -0.1) is 11.6 Å². The molecule has 1 aliphatic rings. The minimum atomic E-state index is -4.79. The number of hydrogen-bond donors (Lipinski definition) is 4. The maximum Gasteiger partial charge on any atom is 0.475 e. The highest BCUT2D eigenvalue weighted by atomic mass is 35.5. The van der Waals surface area contributed by atoms with Gasteiger partial charge in [0.25, 0.3) is 5.91 Å². The van der Waals surface area contributed by atoms with Crippen molar-refractivity contribution in [1.82, 2.24) is 10.6 Å². The highest BCUT2D eigenvalue weighted by Crippen LogP contribution is 2.32. The van der Waals surface area contributed by atoms with Crippen LogP contribution in [-0.4, -0.2) is 52.0 Å². The minimum absolute atomic E-state index is 0.0217. The molecule has 0 heterocycles. The molecule has 11 heteroatoms. The number of alkyl halides is 4. The normalized spacial score (nSPS) is 19.8. The van der Waals surface area contributed by atoms with Crippen LogP contribution in [0.5, 0.6) is 0 Å². The molecule has 182 valence electrons. The van der Waals surface area contributed by atoms with Gasteiger partial charge >= 0.3 is 13.3 Å². The van der Waals surface area contributed by atoms with E-state index in [1.54, 1.807) is 19.1 Å². The predicted octanol–water partition coefficient (Wildman–Crippen LogP) is 3.27. The molecule has 0 aliphatic heterocycles. The van der Waals surface area contributed by atoms with E-state index in [4.69, 9.17) is 11.6 Å². The summed E-state index contributed by atoms with van der Waals surface area (Å²) in [5.74, 6) is -3.02. The maximum absolute atomic E-state index is 13.4. The lowest BCUT2D eigenvalue weighted by atomic mass is 9.74. The zero-order chi connectivity index (χ0) is 25.4. The third kappa shape index (κ3) is 8.21. The molecular weight excluding hydrogens is 460 g/mol. The van der Waals surface area contributed by atoms with Crippen molar-refractivity contribution in [3.05, 3.63) is 59.8 Å². The topological polar surface area (TPSA) is 98.7 Å². The number of rotatable bonds is 10. The molecule has 0 fully saturated rings. The molecule has 0 bridgehead atoms. The molecule has 0 aromatic rings. The van der Waals surface area contributed by atoms with E-state index in [0.29, 0.717) is 6.42 Å². The summed E-state index contributed by atoms with van der Waals surface area (Å²) in [6.07, 6.45) is 3.83. The molecule has 33 heavy (non-hydrogen) atoms. The van der Waals surface area contributed by atoms with Crippen molar-refractivity contribution < 1.29 is 32.8 Å². The summed E-state index contributed by atoms with van der Waals surface area (Å²) >= 11 is 5.98. The van der Waals surface area contributed by atoms with Gasteiger partial charge in [0.2, 0.25) is 5.91 Å². The van der Waals surface area contributed by atoms with Gasteiger partial charge in [0.05, 0.1) is 22.5 Å². The van der Waals surface area contributed by atoms with Crippen LogP contribution in [0.3, 0.4) is 0 Å². The van der Waals surface area contributed by atoms with Gasteiger partial charge in [-0.25, -0.2) is 0 Å². The van der Waals surface area contributed by atoms with Gasteiger partial charge in [0.15, 0.2) is 0 Å². The second-order valence-electron chi connectivity index (χ2n) is 7.74. The van der Waals surface area contributed by atoms with Crippen LogP contribution in [0.25, 0.3) is 0 Å². The van der Waals surface area contributed by atoms with Crippen LogP contribution in [-0.2, 0) is 9.59 Å². The Balaban J connectivity index is 3.08. The number of nitrogens with one attached hydrogen (secondary N) is 2. The molecule has 1 rings (SSSR count). The van der Waals surface area contributed by atoms with Crippen molar-refractivity contribution >= 4 is 30.5 Å². The van der Waals surface area contributed by atoms with E-state index in [2.05, 4.69) is 17.2 Å². The van der Waals surface area contributed by atoms with Gasteiger partial charge in [0.1, 0.15) is 5.54 Å². The fourth-order valence-corrected chi connectivity index (χ4v) is 3.27. The summed E-state index contributed by atoms with van der Waals surface area (Å²) in [4.78, 5) is 25.7. The lowest BCUT2D eigenvalue weighted by molar-refractivity contribution is -0.132. The molecule has 0 radical (unpaired) electrons. The Labute approximate surface area is 197 Å². The number of carbonyl (C=O) groups is 2. The van der Waals surface area contributed by atoms with Crippen molar-refractivity contribution in [2.24, 2.45) is 0 Å². The Kier molecular flexibility index (Phi) is 10.7. The molecule has 0 aromatic carbocycles. The van der Waals surface area contributed by atoms with Crippen molar-refractivity contribution in [1.29, 1.82) is 0 Å². The average molecular weight is 489 g/mol. The van der Waals surface area contributed by atoms with Crippen LogP contribution in [0.1, 0.15) is 40.0 Å². The van der Waals surface area contributed by atoms with Crippen LogP contribution in [0.2, 0.25) is 0 Å². The fraction of sp³-hybridized carbons (Fsp3) is 0.455. The predicted molar refractivity (Wildman–Crippen MR) is 123 cm³/mol. The van der Waals surface area contributed by atoms with Crippen LogP contribution < -0.4 is 10.6 Å². The largest absolute Gasteiger partial charge is 0.475 e. The Morgan fingerprint density at radius 3 is 2.45 bits per heavy atom. The fourth-order valence-electron chi connectivity index (χ4n) is 3.10. The van der Waals surface area contributed by atoms with E-state index in [1.165, 1.54) is 6.92 Å². The molecule has 3 atom stereocenters. The standard InChI is InChI=1S/C22H29BClF3N2O4/c1-5-8-16(17(6-2)22(25,26)27)19(30)29-21(4,7-3)20(31)28-18(23(32)33)13-14-9-11-15(24)12-10-14/h5-6,8-11,15,18,32-33H,1,7,12-13H2,2-4H3,(H,28,31)(H,29,30)/b16-8+,17-6+/t15?,18-,21?/m0/s1. The molecule has 0 saturated heterocycles. The van der Waals surface area contributed by atoms with Gasteiger partial charge in [-0.1, -0.05) is 49.5 Å². The van der Waals surface area contributed by atoms with Crippen molar-refractivity contribution in [2.75, 3.05) is 0 Å². The molecular formula is C22H29BClF3N2O4. The van der Waals surface area contributed by atoms with Crippen LogP contribution in [0.4, 0.5) is 13.2 Å². The number of hydrogen-bond acceptors (Lipinski definition) is 4. The molecule has 0 spiro atoms. The SMILES string of the molecule is C=C/C=C(C(=O)NC(C)(CC)C(=O)N[C@@H](CC1=CCC(Cl)C=C1)B(O)O)\C(=C/C)C(F)(F)F. The summed E-state index contributed by atoms with van der Waals surface area (Å²) in [7, 11) is -1.91. The zero-order valence-electron chi connectivity index (χ0n) is 18.7. The summed E-state index contributed by atoms with van der Waals surface area (Å²) in [5, 5.41) is 24.1. The van der Waals surface area contributed by atoms with Crippen molar-refractivity contribution in [3.8, 4) is 0 Å². The Hall–Kier alpha value is -2.30. The van der Waals surface area contributed by atoms with E-state index in [1.807, 2.05) is 6.08 Å². The highest BCUT2D eigenvalue weighted by Gasteiger charge is 2.41. The first-order valence-electron chi connectivity index (χ1n) is 10.4. The number of halogens is 4. The zero-order valence-corrected chi connectivity index (χ0v) is 19.5. The number of amides is 2. The highest BCUT2D eigenvalue weighted by molar-refractivity contribution is 6.43. The van der Waals surface area contributed by atoms with Gasteiger partial charge in [-0.2, -0.15) is 13.2 Å². The Bertz CT molecular complexity index is 868. The first-order chi connectivity index (χ1) is 15.3. The Morgan fingerprint density at radius 2 is 2.03 bits per heavy atom. The van der Waals surface area contributed by atoms with E-state index < -0.39 is 47.7 Å². The third-order valence-electron chi connectivity index (χ3n) is 5.27. The van der Waals surface area contributed by atoms with E-state index in [0.717, 1.165) is 30.7 Å². The monoisotopic (exact) mass is 488 g/mol. The summed E-state index contributed by atoms with van der Waals surface area (Å²) in [6, 6.07) is 0. The van der Waals surface area contributed by atoms with Crippen molar-refractivity contribution in [3.63, 3.8) is 0 Å². The lowest BCUT2D eigenvalue weighted by Crippen LogP contribution is -2.60.